The highest BCUT2D eigenvalue weighted by Crippen LogP contribution is 2.19. The summed E-state index contributed by atoms with van der Waals surface area (Å²) in [6, 6.07) is 2.12. The molecule has 0 aliphatic rings. The monoisotopic (exact) mass is 209 g/mol. The predicted molar refractivity (Wildman–Crippen MR) is 56.0 cm³/mol. The third-order valence-corrected chi connectivity index (χ3v) is 2.52. The Kier molecular flexibility index (Phi) is 3.09. The molecule has 1 aromatic rings. The van der Waals surface area contributed by atoms with Gasteiger partial charge in [0, 0.05) is 13.2 Å². The molecule has 0 aromatic carbocycles. The molecule has 0 aliphatic carbocycles. The van der Waals surface area contributed by atoms with Crippen LogP contribution in [0.4, 0.5) is 0 Å². The maximum absolute atomic E-state index is 8.95. The Labute approximate surface area is 85.3 Å². The van der Waals surface area contributed by atoms with Gasteiger partial charge in [-0.3, -0.25) is 0 Å². The second kappa shape index (κ2) is 3.94. The first-order chi connectivity index (χ1) is 6.42. The fourth-order valence-corrected chi connectivity index (χ4v) is 1.96. The minimum Gasteiger partial charge on any atom is -0.398 e. The summed E-state index contributed by atoms with van der Waals surface area (Å²) in [5.41, 5.74) is 0.692. The van der Waals surface area contributed by atoms with Crippen molar-refractivity contribution in [3.8, 4) is 6.07 Å². The minimum absolute atomic E-state index is 0.525. The molecule has 0 radical (unpaired) electrons. The van der Waals surface area contributed by atoms with Crippen LogP contribution >= 0.6 is 0 Å². The van der Waals surface area contributed by atoms with Crippen molar-refractivity contribution in [2.45, 2.75) is 25.7 Å². The summed E-state index contributed by atoms with van der Waals surface area (Å²) < 4.78 is 7.50. The normalized spacial score (nSPS) is 13.6. The largest absolute Gasteiger partial charge is 0.398 e. The molecule has 0 spiro atoms. The lowest BCUT2D eigenvalue weighted by Crippen LogP contribution is -2.27. The molecule has 0 N–H and O–H groups in total. The standard InChI is InChI=1S/C9H15N3OSi/c1-12-6-8(11-7-12)9(5-10)13-14(2,3)4/h6-7,9H,1-4H3. The number of hydrogen-bond acceptors (Lipinski definition) is 3. The number of hydrogen-bond donors (Lipinski definition) is 0. The lowest BCUT2D eigenvalue weighted by molar-refractivity contribution is 0.250. The lowest BCUT2D eigenvalue weighted by Gasteiger charge is -2.20. The summed E-state index contributed by atoms with van der Waals surface area (Å²) >= 11 is 0. The quantitative estimate of drug-likeness (QED) is 0.714. The maximum Gasteiger partial charge on any atom is 0.186 e. The zero-order valence-corrected chi connectivity index (χ0v) is 9.98. The van der Waals surface area contributed by atoms with Gasteiger partial charge in [-0.25, -0.2) is 4.98 Å². The second-order valence-corrected chi connectivity index (χ2v) is 8.66. The summed E-state index contributed by atoms with van der Waals surface area (Å²) in [5.74, 6) is 0. The van der Waals surface area contributed by atoms with Gasteiger partial charge in [0.1, 0.15) is 5.69 Å². The number of imidazole rings is 1. The van der Waals surface area contributed by atoms with Crippen LogP contribution in [0.3, 0.4) is 0 Å². The van der Waals surface area contributed by atoms with Crippen LogP contribution in [0.15, 0.2) is 12.5 Å². The van der Waals surface area contributed by atoms with Gasteiger partial charge in [0.05, 0.1) is 12.4 Å². The topological polar surface area (TPSA) is 50.8 Å². The zero-order chi connectivity index (χ0) is 10.8. The molecule has 0 amide bonds. The van der Waals surface area contributed by atoms with E-state index in [1.54, 1.807) is 6.33 Å². The molecule has 1 rings (SSSR count). The van der Waals surface area contributed by atoms with E-state index in [4.69, 9.17) is 9.69 Å². The van der Waals surface area contributed by atoms with Crippen LogP contribution in [0.25, 0.3) is 0 Å². The molecule has 4 nitrogen and oxygen atoms in total. The molecule has 0 fully saturated rings. The average Bonchev–Trinajstić information content (AvgIpc) is 2.46. The van der Waals surface area contributed by atoms with Gasteiger partial charge in [-0.15, -0.1) is 0 Å². The number of aryl methyl sites for hydroxylation is 1. The lowest BCUT2D eigenvalue weighted by atomic mass is 10.3. The van der Waals surface area contributed by atoms with E-state index in [1.165, 1.54) is 0 Å². The van der Waals surface area contributed by atoms with Gasteiger partial charge in [0.15, 0.2) is 14.4 Å². The Hall–Kier alpha value is -1.12. The predicted octanol–water partition coefficient (Wildman–Crippen LogP) is 1.84. The zero-order valence-electron chi connectivity index (χ0n) is 8.98. The van der Waals surface area contributed by atoms with Crippen LogP contribution in [0.5, 0.6) is 0 Å². The molecule has 76 valence electrons. The van der Waals surface area contributed by atoms with Crippen LogP contribution in [0, 0.1) is 11.3 Å². The molecule has 5 heteroatoms. The van der Waals surface area contributed by atoms with Crippen LogP contribution in [-0.2, 0) is 11.5 Å². The molecule has 1 atom stereocenters. The van der Waals surface area contributed by atoms with Crippen molar-refractivity contribution in [3.63, 3.8) is 0 Å². The first kappa shape index (κ1) is 11.0. The Bertz CT molecular complexity index is 348. The van der Waals surface area contributed by atoms with Crippen LogP contribution in [0.1, 0.15) is 11.8 Å². The van der Waals surface area contributed by atoms with Crippen molar-refractivity contribution in [3.05, 3.63) is 18.2 Å². The van der Waals surface area contributed by atoms with Gasteiger partial charge in [-0.1, -0.05) is 0 Å². The molecule has 14 heavy (non-hydrogen) atoms. The van der Waals surface area contributed by atoms with Crippen molar-refractivity contribution in [1.82, 2.24) is 9.55 Å². The Morgan fingerprint density at radius 2 is 2.21 bits per heavy atom. The summed E-state index contributed by atoms with van der Waals surface area (Å²) in [7, 11) is 0.188. The van der Waals surface area contributed by atoms with E-state index in [0.717, 1.165) is 0 Å². The first-order valence-corrected chi connectivity index (χ1v) is 7.88. The summed E-state index contributed by atoms with van der Waals surface area (Å²) in [4.78, 5) is 4.11. The van der Waals surface area contributed by atoms with Gasteiger partial charge in [0.25, 0.3) is 0 Å². The summed E-state index contributed by atoms with van der Waals surface area (Å²) in [6.45, 7) is 6.17. The van der Waals surface area contributed by atoms with Crippen LogP contribution < -0.4 is 0 Å². The van der Waals surface area contributed by atoms with Crippen LogP contribution in [-0.4, -0.2) is 17.9 Å². The van der Waals surface area contributed by atoms with Crippen molar-refractivity contribution < 1.29 is 4.43 Å². The molecule has 1 heterocycles. The fraction of sp³-hybridized carbons (Fsp3) is 0.556. The highest BCUT2D eigenvalue weighted by Gasteiger charge is 2.23. The number of nitrogens with zero attached hydrogens (tertiary/aromatic N) is 3. The molecule has 0 bridgehead atoms. The molecule has 1 unspecified atom stereocenters. The van der Waals surface area contributed by atoms with E-state index in [1.807, 2.05) is 17.8 Å². The van der Waals surface area contributed by atoms with Gasteiger partial charge >= 0.3 is 0 Å². The molecule has 0 aliphatic heterocycles. The Morgan fingerprint density at radius 3 is 2.57 bits per heavy atom. The van der Waals surface area contributed by atoms with Gasteiger partial charge in [-0.2, -0.15) is 5.26 Å². The van der Waals surface area contributed by atoms with E-state index in [2.05, 4.69) is 30.7 Å². The van der Waals surface area contributed by atoms with E-state index in [9.17, 15) is 0 Å². The highest BCUT2D eigenvalue weighted by atomic mass is 28.4. The highest BCUT2D eigenvalue weighted by molar-refractivity contribution is 6.69. The van der Waals surface area contributed by atoms with Crippen molar-refractivity contribution >= 4 is 8.32 Å². The van der Waals surface area contributed by atoms with Crippen LogP contribution in [0.2, 0.25) is 19.6 Å². The van der Waals surface area contributed by atoms with Gasteiger partial charge in [0.2, 0.25) is 0 Å². The smallest absolute Gasteiger partial charge is 0.186 e. The van der Waals surface area contributed by atoms with E-state index in [-0.39, 0.29) is 0 Å². The molecule has 1 aromatic heterocycles. The number of rotatable bonds is 3. The van der Waals surface area contributed by atoms with Crippen molar-refractivity contribution in [1.29, 1.82) is 5.26 Å². The van der Waals surface area contributed by atoms with E-state index >= 15 is 0 Å². The fourth-order valence-electron chi connectivity index (χ4n) is 1.07. The molecule has 0 saturated heterocycles. The number of nitriles is 1. The maximum atomic E-state index is 8.95. The molecular formula is C9H15N3OSi. The first-order valence-electron chi connectivity index (χ1n) is 4.47. The summed E-state index contributed by atoms with van der Waals surface area (Å²) in [6.07, 6.45) is 2.96. The Balaban J connectivity index is 2.79. The SMILES string of the molecule is Cn1cnc(C(C#N)O[Si](C)(C)C)c1. The third-order valence-electron chi connectivity index (χ3n) is 1.58. The Morgan fingerprint density at radius 1 is 1.57 bits per heavy atom. The van der Waals surface area contributed by atoms with E-state index in [0.29, 0.717) is 5.69 Å². The molecular weight excluding hydrogens is 194 g/mol. The summed E-state index contributed by atoms with van der Waals surface area (Å²) in [5, 5.41) is 8.95. The van der Waals surface area contributed by atoms with E-state index < -0.39 is 14.4 Å². The van der Waals surface area contributed by atoms with Crippen molar-refractivity contribution in [2.75, 3.05) is 0 Å². The third kappa shape index (κ3) is 2.98. The minimum atomic E-state index is -1.69. The van der Waals surface area contributed by atoms with Crippen molar-refractivity contribution in [2.24, 2.45) is 7.05 Å². The van der Waals surface area contributed by atoms with Gasteiger partial charge < -0.3 is 8.99 Å². The molecule has 0 saturated carbocycles. The van der Waals surface area contributed by atoms with Gasteiger partial charge in [-0.05, 0) is 19.6 Å². The number of aromatic nitrogens is 2. The second-order valence-electron chi connectivity index (χ2n) is 4.20. The average molecular weight is 209 g/mol.